The molecule has 1 aromatic rings. The van der Waals surface area contributed by atoms with Crippen LogP contribution >= 0.6 is 0 Å². The molecule has 1 heterocycles. The van der Waals surface area contributed by atoms with Crippen LogP contribution in [0.4, 0.5) is 25.3 Å². The van der Waals surface area contributed by atoms with E-state index in [2.05, 4.69) is 0 Å². The van der Waals surface area contributed by atoms with Gasteiger partial charge in [0, 0.05) is 16.9 Å². The number of rotatable bonds is 0. The molecule has 0 unspecified atom stereocenters. The summed E-state index contributed by atoms with van der Waals surface area (Å²) in [5.41, 5.74) is 0. The maximum absolute atomic E-state index is 11.8. The van der Waals surface area contributed by atoms with Crippen molar-refractivity contribution < 1.29 is 30.1 Å². The molecule has 0 radical (unpaired) electrons. The Morgan fingerprint density at radius 3 is 1.14 bits per heavy atom. The molecule has 1 rings (SSSR count). The van der Waals surface area contributed by atoms with Crippen molar-refractivity contribution in [2.24, 2.45) is 0 Å². The van der Waals surface area contributed by atoms with E-state index in [0.717, 1.165) is 0 Å². The van der Waals surface area contributed by atoms with E-state index in [1.54, 1.807) is 18.2 Å². The van der Waals surface area contributed by atoms with Gasteiger partial charge in [-0.3, -0.25) is 0 Å². The molecule has 1 aromatic heterocycles. The van der Waals surface area contributed by atoms with Crippen LogP contribution in [0, 0.1) is 0 Å². The molecule has 0 bridgehead atoms. The van der Waals surface area contributed by atoms with E-state index in [0.29, 0.717) is 4.79 Å². The summed E-state index contributed by atoms with van der Waals surface area (Å²) in [5, 5.41) is 0. The van der Waals surface area contributed by atoms with Gasteiger partial charge >= 0.3 is 35.0 Å². The Labute approximate surface area is 75.6 Å². The monoisotopic (exact) mass is 287 g/mol. The zero-order valence-corrected chi connectivity index (χ0v) is 8.30. The fourth-order valence-corrected chi connectivity index (χ4v) is 0.378. The van der Waals surface area contributed by atoms with Gasteiger partial charge in [-0.15, -0.1) is 0 Å². The fraction of sp³-hybridized carbons (Fsp3) is 0. The molecule has 0 aliphatic carbocycles. The topological polar surface area (TPSA) is 3.88 Å². The van der Waals surface area contributed by atoms with Gasteiger partial charge in [0.25, 0.3) is 0 Å². The summed E-state index contributed by atoms with van der Waals surface area (Å²) in [7, 11) is 0. The normalized spacial score (nSPS) is 15.9. The van der Waals surface area contributed by atoms with Gasteiger partial charge in [0.05, 0.1) is 4.48 Å². The van der Waals surface area contributed by atoms with Crippen molar-refractivity contribution in [1.29, 1.82) is 0 Å². The molecule has 1 nitrogen and oxygen atoms in total. The first-order valence-electron chi connectivity index (χ1n) is 3.03. The van der Waals surface area contributed by atoms with E-state index >= 15 is 0 Å². The molecule has 14 heavy (non-hydrogen) atoms. The zero-order chi connectivity index (χ0) is 11.5. The van der Waals surface area contributed by atoms with Crippen molar-refractivity contribution in [3.63, 3.8) is 0 Å². The number of halogens is 7. The molecular formula is C5H5AsF7N. The summed E-state index contributed by atoms with van der Waals surface area (Å²) < 4.78 is 71.3. The molecule has 0 amide bonds. The predicted octanol–water partition coefficient (Wildman–Crippen LogP) is 2.85. The molecule has 84 valence electrons. The molecule has 0 aromatic carbocycles. The smallest absolute Gasteiger partial charge is 0.0501 e. The van der Waals surface area contributed by atoms with Gasteiger partial charge in [0.15, 0.2) is 0 Å². The minimum atomic E-state index is -11.1. The Hall–Kier alpha value is -0.782. The Bertz CT molecular complexity index is 278. The van der Waals surface area contributed by atoms with Crippen LogP contribution < -0.4 is 4.79 Å². The maximum Gasteiger partial charge on any atom is 0.218 e. The van der Waals surface area contributed by atoms with Gasteiger partial charge in [0.1, 0.15) is 0 Å². The van der Waals surface area contributed by atoms with E-state index in [1.807, 2.05) is 0 Å². The van der Waals surface area contributed by atoms with Gasteiger partial charge in [0.2, 0.25) is 12.4 Å². The third-order valence-corrected chi connectivity index (χ3v) is 0.679. The van der Waals surface area contributed by atoms with Crippen LogP contribution in [-0.4, -0.2) is 14.2 Å². The first-order valence-corrected chi connectivity index (χ1v) is 7.29. The molecular weight excluding hydrogens is 282 g/mol. The van der Waals surface area contributed by atoms with Crippen LogP contribution in [0.3, 0.4) is 0 Å². The number of pyridine rings is 1. The van der Waals surface area contributed by atoms with Gasteiger partial charge in [-0.2, -0.15) is 0 Å². The summed E-state index contributed by atoms with van der Waals surface area (Å²) in [5.74, 6) is 0. The second-order valence-electron chi connectivity index (χ2n) is 2.18. The molecule has 9 heteroatoms. The standard InChI is InChI=1S/C5H5FN.AsF6/c6-7-4-2-1-3-5-7;2-1(3,4,5,6)7/h1-5H;/q+1;-1. The average molecular weight is 287 g/mol. The molecule has 0 aliphatic rings. The van der Waals surface area contributed by atoms with Crippen LogP contribution in [0.25, 0.3) is 0 Å². The Balaban J connectivity index is 0.000000241. The minimum absolute atomic E-state index is 0.500. The Kier molecular flexibility index (Phi) is 2.94. The molecule has 0 saturated heterocycles. The summed E-state index contributed by atoms with van der Waals surface area (Å²) in [6, 6.07) is 5.01. The predicted molar refractivity (Wildman–Crippen MR) is 35.5 cm³/mol. The molecule has 0 aliphatic heterocycles. The zero-order valence-electron chi connectivity index (χ0n) is 6.43. The first kappa shape index (κ1) is 13.2. The van der Waals surface area contributed by atoms with Crippen molar-refractivity contribution in [3.05, 3.63) is 30.6 Å². The van der Waals surface area contributed by atoms with Crippen molar-refractivity contribution in [2.45, 2.75) is 0 Å². The van der Waals surface area contributed by atoms with Crippen LogP contribution in [0.1, 0.15) is 0 Å². The molecule has 0 fully saturated rings. The summed E-state index contributed by atoms with van der Waals surface area (Å²) in [6.07, 6.45) is 2.67. The molecule has 0 saturated carbocycles. The number of aromatic nitrogens is 1. The van der Waals surface area contributed by atoms with Crippen molar-refractivity contribution in [1.82, 2.24) is 0 Å². The summed E-state index contributed by atoms with van der Waals surface area (Å²) >= 11 is -11.1. The Morgan fingerprint density at radius 2 is 1.00 bits per heavy atom. The third-order valence-electron chi connectivity index (χ3n) is 0.679. The van der Waals surface area contributed by atoms with Crippen LogP contribution in [0.2, 0.25) is 0 Å². The van der Waals surface area contributed by atoms with E-state index in [-0.39, 0.29) is 0 Å². The second-order valence-corrected chi connectivity index (χ2v) is 6.20. The number of hydrogen-bond acceptors (Lipinski definition) is 0. The van der Waals surface area contributed by atoms with Crippen LogP contribution in [0.15, 0.2) is 30.6 Å². The number of hydrogen-bond donors (Lipinski definition) is 0. The first-order chi connectivity index (χ1) is 5.84. The molecule has 0 N–H and O–H groups in total. The van der Waals surface area contributed by atoms with Crippen LogP contribution in [0.5, 0.6) is 0 Å². The molecule has 0 spiro atoms. The van der Waals surface area contributed by atoms with E-state index in [1.165, 1.54) is 12.4 Å². The summed E-state index contributed by atoms with van der Waals surface area (Å²) in [6.45, 7) is 0. The van der Waals surface area contributed by atoms with Crippen molar-refractivity contribution in [2.75, 3.05) is 0 Å². The summed E-state index contributed by atoms with van der Waals surface area (Å²) in [4.78, 5) is 0.500. The van der Waals surface area contributed by atoms with E-state index in [4.69, 9.17) is 0 Å². The molecule has 0 atom stereocenters. The van der Waals surface area contributed by atoms with Crippen LogP contribution in [-0.2, 0) is 0 Å². The van der Waals surface area contributed by atoms with Gasteiger partial charge in [-0.25, -0.2) is 0 Å². The largest absolute Gasteiger partial charge is 0.218 e. The van der Waals surface area contributed by atoms with E-state index < -0.39 is 14.2 Å². The Morgan fingerprint density at radius 1 is 0.714 bits per heavy atom. The quantitative estimate of drug-likeness (QED) is 0.510. The maximum atomic E-state index is 11.8. The minimum Gasteiger partial charge on any atom is -0.0501 e. The van der Waals surface area contributed by atoms with Crippen molar-refractivity contribution >= 4 is 14.2 Å². The fourth-order valence-electron chi connectivity index (χ4n) is 0.378. The van der Waals surface area contributed by atoms with Crippen molar-refractivity contribution in [3.8, 4) is 0 Å². The van der Waals surface area contributed by atoms with E-state index in [9.17, 15) is 25.3 Å². The second kappa shape index (κ2) is 3.11. The SMILES string of the molecule is F[As-](F)(F)(F)(F)F.F[n+]1ccccc1. The number of nitrogens with zero attached hydrogens (tertiary/aromatic N) is 1. The average Bonchev–Trinajstić information content (AvgIpc) is 1.81. The third kappa shape index (κ3) is 22.5. The van der Waals surface area contributed by atoms with Gasteiger partial charge in [-0.05, 0) is 0 Å². The van der Waals surface area contributed by atoms with Gasteiger partial charge < -0.3 is 0 Å². The van der Waals surface area contributed by atoms with Gasteiger partial charge in [-0.1, -0.05) is 6.07 Å².